The fourth-order valence-corrected chi connectivity index (χ4v) is 7.70. The first-order chi connectivity index (χ1) is 19.0. The maximum absolute atomic E-state index is 13.3. The number of aromatic amines is 1. The zero-order chi connectivity index (χ0) is 28.4. The third-order valence-electron chi connectivity index (χ3n) is 9.44. The van der Waals surface area contributed by atoms with Crippen molar-refractivity contribution in [2.75, 3.05) is 13.6 Å². The second-order valence-corrected chi connectivity index (χ2v) is 11.8. The fourth-order valence-electron chi connectivity index (χ4n) is 7.70. The van der Waals surface area contributed by atoms with Gasteiger partial charge in [0.15, 0.2) is 0 Å². The van der Waals surface area contributed by atoms with Crippen LogP contribution >= 0.6 is 0 Å². The van der Waals surface area contributed by atoms with E-state index < -0.39 is 34.4 Å². The van der Waals surface area contributed by atoms with Crippen LogP contribution in [0.4, 0.5) is 0 Å². The number of aromatic nitrogens is 1. The van der Waals surface area contributed by atoms with Gasteiger partial charge in [0.05, 0.1) is 5.60 Å². The lowest BCUT2D eigenvalue weighted by atomic mass is 9.59. The second-order valence-electron chi connectivity index (χ2n) is 11.8. The molecule has 3 unspecified atom stereocenters. The average Bonchev–Trinajstić information content (AvgIpc) is 3.10. The van der Waals surface area contributed by atoms with Gasteiger partial charge < -0.3 is 26.2 Å². The van der Waals surface area contributed by atoms with Crippen molar-refractivity contribution in [3.05, 3.63) is 98.5 Å². The van der Waals surface area contributed by atoms with Crippen LogP contribution in [-0.4, -0.2) is 63.2 Å². The van der Waals surface area contributed by atoms with Crippen LogP contribution in [0.15, 0.2) is 59.4 Å². The molecule has 3 aliphatic rings. The molecule has 2 aliphatic carbocycles. The molecule has 40 heavy (non-hydrogen) atoms. The number of amides is 2. The fraction of sp³-hybridized carbons (Fsp3) is 0.387. The van der Waals surface area contributed by atoms with Crippen LogP contribution in [0.25, 0.3) is 0 Å². The van der Waals surface area contributed by atoms with E-state index in [1.165, 1.54) is 0 Å². The van der Waals surface area contributed by atoms with E-state index in [2.05, 4.69) is 15.2 Å². The summed E-state index contributed by atoms with van der Waals surface area (Å²) in [5.41, 5.74) is 7.06. The lowest BCUT2D eigenvalue weighted by molar-refractivity contribution is -0.119. The van der Waals surface area contributed by atoms with E-state index in [0.717, 1.165) is 29.7 Å². The van der Waals surface area contributed by atoms with Gasteiger partial charge in [0.25, 0.3) is 11.5 Å². The standard InChI is InChI=1S/C31H34N4O5/c1-17-8-9-21(36)12-23(17)30-13-20-16-35(2)26(20)31(30,40)14-19-11-22(29(39)34-25(19)15-30)28(38)33-24(27(32)37)10-18-6-4-3-5-7-18/h3-9,11-12,20,24,26,36,40H,10,13-16H2,1-2H3,(H2,32,37)(H,33,38)(H,34,39)/t20?,24-,26?,30+,31?/m0/s1. The van der Waals surface area contributed by atoms with Crippen LogP contribution in [0.1, 0.15) is 44.7 Å². The monoisotopic (exact) mass is 542 g/mol. The van der Waals surface area contributed by atoms with Gasteiger partial charge in [0, 0.05) is 43.0 Å². The normalized spacial score (nSPS) is 27.6. The smallest absolute Gasteiger partial charge is 0.261 e. The highest BCUT2D eigenvalue weighted by Gasteiger charge is 2.70. The number of carbonyl (C=O) groups is 2. The molecule has 3 aromatic rings. The molecule has 2 aromatic carbocycles. The van der Waals surface area contributed by atoms with Crippen molar-refractivity contribution in [3.8, 4) is 5.75 Å². The Bertz CT molecular complexity index is 1570. The number of aliphatic hydroxyl groups is 1. The van der Waals surface area contributed by atoms with Crippen LogP contribution in [0.3, 0.4) is 0 Å². The number of fused-ring (bicyclic) bond motifs is 4. The van der Waals surface area contributed by atoms with Crippen molar-refractivity contribution in [2.24, 2.45) is 11.7 Å². The number of nitrogens with zero attached hydrogens (tertiary/aromatic N) is 1. The third-order valence-corrected chi connectivity index (χ3v) is 9.44. The van der Waals surface area contributed by atoms with Gasteiger partial charge in [-0.3, -0.25) is 19.3 Å². The van der Waals surface area contributed by atoms with Gasteiger partial charge in [0.1, 0.15) is 17.4 Å². The largest absolute Gasteiger partial charge is 0.508 e. The highest BCUT2D eigenvalue weighted by atomic mass is 16.3. The summed E-state index contributed by atoms with van der Waals surface area (Å²) in [5, 5.41) is 25.6. The first kappa shape index (κ1) is 26.3. The van der Waals surface area contributed by atoms with Gasteiger partial charge in [-0.1, -0.05) is 36.4 Å². The lowest BCUT2D eigenvalue weighted by Gasteiger charge is -2.53. The number of phenols is 1. The zero-order valence-corrected chi connectivity index (χ0v) is 22.6. The van der Waals surface area contributed by atoms with Crippen molar-refractivity contribution >= 4 is 11.8 Å². The Hall–Kier alpha value is -3.95. The Morgan fingerprint density at radius 2 is 1.93 bits per heavy atom. The van der Waals surface area contributed by atoms with Crippen molar-refractivity contribution < 1.29 is 19.8 Å². The molecule has 5 atom stereocenters. The number of aromatic hydroxyl groups is 1. The molecule has 9 nitrogen and oxygen atoms in total. The Balaban J connectivity index is 1.37. The SMILES string of the molecule is Cc1ccc(O)cc1[C@@]12Cc3[nH]c(=O)c(C(=O)N[C@@H](Cc4ccccc4)C(N)=O)cc3CC1(O)C1C(CN1C)C2. The van der Waals surface area contributed by atoms with E-state index >= 15 is 0 Å². The molecule has 6 N–H and O–H groups in total. The summed E-state index contributed by atoms with van der Waals surface area (Å²) < 4.78 is 0. The van der Waals surface area contributed by atoms with Crippen LogP contribution in [0, 0.1) is 12.8 Å². The summed E-state index contributed by atoms with van der Waals surface area (Å²) in [5.74, 6) is -0.982. The van der Waals surface area contributed by atoms with Crippen LogP contribution in [0.5, 0.6) is 5.75 Å². The lowest BCUT2D eigenvalue weighted by Crippen LogP contribution is -2.67. The first-order valence-corrected chi connectivity index (χ1v) is 13.6. The summed E-state index contributed by atoms with van der Waals surface area (Å²) in [4.78, 5) is 43.7. The van der Waals surface area contributed by atoms with Crippen molar-refractivity contribution in [1.82, 2.24) is 15.2 Å². The molecule has 208 valence electrons. The molecule has 0 spiro atoms. The number of pyridine rings is 1. The number of H-pyrrole nitrogens is 1. The maximum atomic E-state index is 13.3. The van der Waals surface area contributed by atoms with Crippen molar-refractivity contribution in [3.63, 3.8) is 0 Å². The Morgan fingerprint density at radius 1 is 1.18 bits per heavy atom. The second kappa shape index (κ2) is 9.31. The number of hydrogen-bond acceptors (Lipinski definition) is 6. The molecule has 0 radical (unpaired) electrons. The molecule has 1 aromatic heterocycles. The summed E-state index contributed by atoms with van der Waals surface area (Å²) in [6.45, 7) is 2.84. The number of benzene rings is 2. The molecule has 0 bridgehead atoms. The minimum absolute atomic E-state index is 0.0864. The Labute approximate surface area is 232 Å². The van der Waals surface area contributed by atoms with Gasteiger partial charge in [-0.2, -0.15) is 0 Å². The van der Waals surface area contributed by atoms with Gasteiger partial charge >= 0.3 is 0 Å². The van der Waals surface area contributed by atoms with E-state index in [1.54, 1.807) is 18.2 Å². The van der Waals surface area contributed by atoms with Crippen molar-refractivity contribution in [2.45, 2.75) is 55.7 Å². The number of likely N-dealkylation sites (N-methyl/N-ethyl adjacent to an activating group) is 1. The summed E-state index contributed by atoms with van der Waals surface area (Å²) in [6.07, 6.45) is 1.54. The number of phenolic OH excluding ortho intramolecular Hbond substituents is 1. The average molecular weight is 543 g/mol. The minimum atomic E-state index is -1.18. The van der Waals surface area contributed by atoms with Gasteiger partial charge in [-0.05, 0) is 66.8 Å². The Kier molecular flexibility index (Phi) is 6.12. The third kappa shape index (κ3) is 3.95. The van der Waals surface area contributed by atoms with Crippen LogP contribution in [-0.2, 0) is 29.5 Å². The van der Waals surface area contributed by atoms with E-state index in [9.17, 15) is 24.6 Å². The van der Waals surface area contributed by atoms with Gasteiger partial charge in [0.2, 0.25) is 5.91 Å². The quantitative estimate of drug-likeness (QED) is 0.317. The van der Waals surface area contributed by atoms with E-state index in [1.807, 2.05) is 50.4 Å². The molecule has 1 saturated carbocycles. The number of aryl methyl sites for hydroxylation is 1. The molecule has 9 heteroatoms. The van der Waals surface area contributed by atoms with Crippen LogP contribution in [0.2, 0.25) is 0 Å². The van der Waals surface area contributed by atoms with Gasteiger partial charge in [-0.15, -0.1) is 0 Å². The molecule has 1 aliphatic heterocycles. The van der Waals surface area contributed by atoms with Crippen LogP contribution < -0.4 is 16.6 Å². The number of nitrogens with two attached hydrogens (primary N) is 1. The number of nitrogens with one attached hydrogen (secondary N) is 2. The number of rotatable bonds is 6. The molecule has 2 amide bonds. The molecule has 2 heterocycles. The summed E-state index contributed by atoms with van der Waals surface area (Å²) in [7, 11) is 2.00. The van der Waals surface area contributed by atoms with E-state index in [4.69, 9.17) is 5.73 Å². The number of likely N-dealkylation sites (tertiary alicyclic amines) is 1. The summed E-state index contributed by atoms with van der Waals surface area (Å²) in [6, 6.07) is 14.9. The predicted octanol–water partition coefficient (Wildman–Crippen LogP) is 1.32. The number of hydrogen-bond donors (Lipinski definition) is 5. The maximum Gasteiger partial charge on any atom is 0.261 e. The predicted molar refractivity (Wildman–Crippen MR) is 149 cm³/mol. The minimum Gasteiger partial charge on any atom is -0.508 e. The zero-order valence-electron chi connectivity index (χ0n) is 22.6. The number of primary amides is 1. The van der Waals surface area contributed by atoms with E-state index in [0.29, 0.717) is 17.7 Å². The molecule has 2 fully saturated rings. The first-order valence-electron chi connectivity index (χ1n) is 13.6. The highest BCUT2D eigenvalue weighted by molar-refractivity contribution is 5.97. The molecule has 6 rings (SSSR count). The molecular weight excluding hydrogens is 508 g/mol. The Morgan fingerprint density at radius 3 is 2.62 bits per heavy atom. The molecular formula is C31H34N4O5. The number of carbonyl (C=O) groups excluding carboxylic acids is 2. The van der Waals surface area contributed by atoms with Gasteiger partial charge in [-0.25, -0.2) is 0 Å². The summed E-state index contributed by atoms with van der Waals surface area (Å²) >= 11 is 0. The highest BCUT2D eigenvalue weighted by Crippen LogP contribution is 2.61. The molecule has 1 saturated heterocycles. The van der Waals surface area contributed by atoms with Crippen molar-refractivity contribution in [1.29, 1.82) is 0 Å². The van der Waals surface area contributed by atoms with E-state index in [-0.39, 0.29) is 36.1 Å². The topological polar surface area (TPSA) is 149 Å².